The van der Waals surface area contributed by atoms with Crippen molar-refractivity contribution >= 4 is 17.5 Å². The van der Waals surface area contributed by atoms with E-state index in [-0.39, 0.29) is 5.56 Å². The van der Waals surface area contributed by atoms with Crippen LogP contribution in [-0.4, -0.2) is 42.1 Å². The minimum Gasteiger partial charge on any atom is -0.353 e. The molecule has 1 saturated carbocycles. The molecule has 1 heterocycles. The number of hydrogen-bond donors (Lipinski definition) is 2. The van der Waals surface area contributed by atoms with Crippen LogP contribution in [0.5, 0.6) is 0 Å². The minimum absolute atomic E-state index is 0.152. The predicted molar refractivity (Wildman–Crippen MR) is 101 cm³/mol. The molecular weight excluding hydrogens is 355 g/mol. The summed E-state index contributed by atoms with van der Waals surface area (Å²) in [7, 11) is 3.96. The fourth-order valence-corrected chi connectivity index (χ4v) is 2.80. The van der Waals surface area contributed by atoms with Gasteiger partial charge >= 0.3 is 6.18 Å². The van der Waals surface area contributed by atoms with Gasteiger partial charge in [-0.25, -0.2) is 4.98 Å². The van der Waals surface area contributed by atoms with Crippen LogP contribution in [0.4, 0.5) is 30.6 Å². The van der Waals surface area contributed by atoms with Gasteiger partial charge in [0.2, 0.25) is 5.95 Å². The van der Waals surface area contributed by atoms with Crippen molar-refractivity contribution in [3.63, 3.8) is 0 Å². The van der Waals surface area contributed by atoms with Gasteiger partial charge in [0.1, 0.15) is 5.82 Å². The van der Waals surface area contributed by atoms with Gasteiger partial charge in [-0.15, -0.1) is 0 Å². The third kappa shape index (κ3) is 5.09. The molecule has 0 spiro atoms. The summed E-state index contributed by atoms with van der Waals surface area (Å²) in [4.78, 5) is 11.0. The lowest BCUT2D eigenvalue weighted by atomic mass is 10.1. The largest absolute Gasteiger partial charge is 0.416 e. The minimum atomic E-state index is -4.38. The van der Waals surface area contributed by atoms with E-state index in [1.165, 1.54) is 13.0 Å². The number of halogens is 3. The number of nitrogens with zero attached hydrogens (tertiary/aromatic N) is 3. The highest BCUT2D eigenvalue weighted by Gasteiger charge is 2.33. The Kier molecular flexibility index (Phi) is 5.55. The van der Waals surface area contributed by atoms with Crippen molar-refractivity contribution in [1.82, 2.24) is 14.9 Å². The normalized spacial score (nSPS) is 14.5. The van der Waals surface area contributed by atoms with E-state index in [9.17, 15) is 13.2 Å². The zero-order valence-corrected chi connectivity index (χ0v) is 15.7. The topological polar surface area (TPSA) is 53.1 Å². The summed E-state index contributed by atoms with van der Waals surface area (Å²) in [5.74, 6) is 1.40. The maximum Gasteiger partial charge on any atom is 0.416 e. The second kappa shape index (κ2) is 7.72. The first-order chi connectivity index (χ1) is 12.7. The molecule has 0 unspecified atom stereocenters. The molecule has 0 aliphatic heterocycles. The van der Waals surface area contributed by atoms with Gasteiger partial charge in [0.15, 0.2) is 0 Å². The monoisotopic (exact) mass is 379 g/mol. The average Bonchev–Trinajstić information content (AvgIpc) is 3.40. The van der Waals surface area contributed by atoms with Gasteiger partial charge in [0.05, 0.1) is 11.3 Å². The molecule has 1 aliphatic carbocycles. The summed E-state index contributed by atoms with van der Waals surface area (Å²) in [6.45, 7) is 2.97. The van der Waals surface area contributed by atoms with Crippen molar-refractivity contribution in [2.24, 2.45) is 0 Å². The SMILES string of the molecule is Cc1c(Nc2cc(C3CC3)nc(NCCN(C)C)n2)cccc1C(F)(F)F. The molecule has 3 rings (SSSR count). The van der Waals surface area contributed by atoms with Gasteiger partial charge in [-0.05, 0) is 51.6 Å². The Bertz CT molecular complexity index is 800. The van der Waals surface area contributed by atoms with E-state index < -0.39 is 11.7 Å². The summed E-state index contributed by atoms with van der Waals surface area (Å²) >= 11 is 0. The van der Waals surface area contributed by atoms with Gasteiger partial charge in [0, 0.05) is 30.8 Å². The molecule has 1 aromatic heterocycles. The standard InChI is InChI=1S/C19H24F3N5/c1-12-14(19(20,21)22)5-4-6-15(12)24-17-11-16(13-7-8-13)25-18(26-17)23-9-10-27(2)3/h4-6,11,13H,7-10H2,1-3H3,(H2,23,24,25,26). The van der Waals surface area contributed by atoms with Crippen molar-refractivity contribution in [3.05, 3.63) is 41.1 Å². The number of likely N-dealkylation sites (N-methyl/N-ethyl adjacent to an activating group) is 1. The fourth-order valence-electron chi connectivity index (χ4n) is 2.80. The van der Waals surface area contributed by atoms with E-state index in [0.717, 1.165) is 31.1 Å². The van der Waals surface area contributed by atoms with Gasteiger partial charge < -0.3 is 15.5 Å². The van der Waals surface area contributed by atoms with Crippen molar-refractivity contribution in [2.45, 2.75) is 31.9 Å². The Morgan fingerprint density at radius 2 is 1.93 bits per heavy atom. The van der Waals surface area contributed by atoms with Crippen LogP contribution in [0.1, 0.15) is 35.6 Å². The van der Waals surface area contributed by atoms with Crippen LogP contribution in [0.25, 0.3) is 0 Å². The molecule has 2 N–H and O–H groups in total. The summed E-state index contributed by atoms with van der Waals surface area (Å²) in [5.41, 5.74) is 0.820. The van der Waals surface area contributed by atoms with Crippen molar-refractivity contribution in [2.75, 3.05) is 37.8 Å². The van der Waals surface area contributed by atoms with E-state index in [2.05, 4.69) is 20.6 Å². The summed E-state index contributed by atoms with van der Waals surface area (Å²) in [5, 5.41) is 6.24. The highest BCUT2D eigenvalue weighted by atomic mass is 19.4. The smallest absolute Gasteiger partial charge is 0.353 e. The van der Waals surface area contributed by atoms with E-state index in [1.807, 2.05) is 25.1 Å². The fraction of sp³-hybridized carbons (Fsp3) is 0.474. The molecule has 1 fully saturated rings. The highest BCUT2D eigenvalue weighted by molar-refractivity contribution is 5.63. The second-order valence-electron chi connectivity index (χ2n) is 7.11. The van der Waals surface area contributed by atoms with Gasteiger partial charge in [-0.2, -0.15) is 18.2 Å². The van der Waals surface area contributed by atoms with Crippen LogP contribution in [0.3, 0.4) is 0 Å². The van der Waals surface area contributed by atoms with E-state index in [0.29, 0.717) is 29.9 Å². The Hall–Kier alpha value is -2.35. The number of nitrogens with one attached hydrogen (secondary N) is 2. The molecule has 5 nitrogen and oxygen atoms in total. The first-order valence-electron chi connectivity index (χ1n) is 8.95. The van der Waals surface area contributed by atoms with Gasteiger partial charge in [-0.3, -0.25) is 0 Å². The number of rotatable bonds is 7. The molecule has 0 saturated heterocycles. The zero-order chi connectivity index (χ0) is 19.6. The number of hydrogen-bond acceptors (Lipinski definition) is 5. The molecule has 1 aromatic carbocycles. The summed E-state index contributed by atoms with van der Waals surface area (Å²) < 4.78 is 39.4. The maximum absolute atomic E-state index is 13.1. The lowest BCUT2D eigenvalue weighted by Gasteiger charge is -2.16. The molecule has 2 aromatic rings. The van der Waals surface area contributed by atoms with Crippen LogP contribution in [0.15, 0.2) is 24.3 Å². The lowest BCUT2D eigenvalue weighted by molar-refractivity contribution is -0.138. The molecular formula is C19H24F3N5. The van der Waals surface area contributed by atoms with Crippen LogP contribution in [-0.2, 0) is 6.18 Å². The van der Waals surface area contributed by atoms with Crippen LogP contribution in [0, 0.1) is 6.92 Å². The molecule has 146 valence electrons. The van der Waals surface area contributed by atoms with E-state index in [4.69, 9.17) is 0 Å². The van der Waals surface area contributed by atoms with Gasteiger partial charge in [0.25, 0.3) is 0 Å². The third-order valence-corrected chi connectivity index (χ3v) is 4.49. The third-order valence-electron chi connectivity index (χ3n) is 4.49. The van der Waals surface area contributed by atoms with E-state index in [1.54, 1.807) is 6.07 Å². The summed E-state index contributed by atoms with van der Waals surface area (Å²) in [6, 6.07) is 5.94. The second-order valence-corrected chi connectivity index (χ2v) is 7.11. The Balaban J connectivity index is 1.85. The quantitative estimate of drug-likeness (QED) is 0.747. The molecule has 8 heteroatoms. The van der Waals surface area contributed by atoms with Crippen LogP contribution in [0.2, 0.25) is 0 Å². The first kappa shape index (κ1) is 19.4. The van der Waals surface area contributed by atoms with Crippen molar-refractivity contribution in [3.8, 4) is 0 Å². The van der Waals surface area contributed by atoms with E-state index >= 15 is 0 Å². The predicted octanol–water partition coefficient (Wildman–Crippen LogP) is 4.40. The Labute approximate surface area is 157 Å². The number of alkyl halides is 3. The van der Waals surface area contributed by atoms with Gasteiger partial charge in [-0.1, -0.05) is 6.07 Å². The molecule has 0 amide bonds. The lowest BCUT2D eigenvalue weighted by Crippen LogP contribution is -2.21. The number of aromatic nitrogens is 2. The molecule has 0 bridgehead atoms. The number of anilines is 3. The zero-order valence-electron chi connectivity index (χ0n) is 15.7. The van der Waals surface area contributed by atoms with Crippen LogP contribution >= 0.6 is 0 Å². The maximum atomic E-state index is 13.1. The highest BCUT2D eigenvalue weighted by Crippen LogP contribution is 2.40. The summed E-state index contributed by atoms with van der Waals surface area (Å²) in [6.07, 6.45) is -2.22. The first-order valence-corrected chi connectivity index (χ1v) is 8.95. The number of benzene rings is 1. The van der Waals surface area contributed by atoms with Crippen molar-refractivity contribution < 1.29 is 13.2 Å². The average molecular weight is 379 g/mol. The molecule has 27 heavy (non-hydrogen) atoms. The Morgan fingerprint density at radius 1 is 1.19 bits per heavy atom. The van der Waals surface area contributed by atoms with Crippen molar-refractivity contribution in [1.29, 1.82) is 0 Å². The Morgan fingerprint density at radius 3 is 2.56 bits per heavy atom. The molecule has 0 radical (unpaired) electrons. The molecule has 0 atom stereocenters. The van der Waals surface area contributed by atoms with Crippen LogP contribution < -0.4 is 10.6 Å². The molecule has 1 aliphatic rings.